The Hall–Kier alpha value is -3.96. The molecule has 0 radical (unpaired) electrons. The number of fused-ring (bicyclic) bond motifs is 1. The van der Waals surface area contributed by atoms with Crippen molar-refractivity contribution >= 4 is 17.6 Å². The van der Waals surface area contributed by atoms with Crippen molar-refractivity contribution in [2.45, 2.75) is 64.9 Å². The van der Waals surface area contributed by atoms with E-state index in [1.165, 1.54) is 25.0 Å². The molecule has 240 valence electrons. The summed E-state index contributed by atoms with van der Waals surface area (Å²) in [5.74, 6) is 0.573. The summed E-state index contributed by atoms with van der Waals surface area (Å²) in [6.07, 6.45) is -1.03. The third-order valence-corrected chi connectivity index (χ3v) is 8.52. The monoisotopic (exact) mass is 618 g/mol. The maximum atomic E-state index is 12.4. The normalized spacial score (nSPS) is 22.2. The third-order valence-electron chi connectivity index (χ3n) is 8.52. The molecule has 2 heterocycles. The second-order valence-electron chi connectivity index (χ2n) is 11.6. The summed E-state index contributed by atoms with van der Waals surface area (Å²) in [6, 6.07) is 19.3. The fourth-order valence-corrected chi connectivity index (χ4v) is 5.95. The van der Waals surface area contributed by atoms with Crippen molar-refractivity contribution in [3.8, 4) is 11.5 Å². The minimum Gasteiger partial charge on any atom is -0.493 e. The van der Waals surface area contributed by atoms with Crippen LogP contribution in [0.2, 0.25) is 0 Å². The predicted molar refractivity (Wildman–Crippen MR) is 168 cm³/mol. The lowest BCUT2D eigenvalue weighted by Gasteiger charge is -2.43. The summed E-state index contributed by atoms with van der Waals surface area (Å²) in [6.45, 7) is 7.29. The number of amides is 1. The first-order valence-corrected chi connectivity index (χ1v) is 15.2. The number of carbonyl (C=O) groups is 2. The van der Waals surface area contributed by atoms with E-state index in [4.69, 9.17) is 23.7 Å². The highest BCUT2D eigenvalue weighted by molar-refractivity contribution is 5.94. The number of ether oxygens (including phenoxy) is 5. The second kappa shape index (κ2) is 14.4. The zero-order valence-electron chi connectivity index (χ0n) is 26.4. The van der Waals surface area contributed by atoms with Gasteiger partial charge in [0.15, 0.2) is 23.9 Å². The van der Waals surface area contributed by atoms with E-state index in [1.807, 2.05) is 36.4 Å². The van der Waals surface area contributed by atoms with Crippen LogP contribution in [0.15, 0.2) is 60.7 Å². The van der Waals surface area contributed by atoms with Crippen molar-refractivity contribution in [1.82, 2.24) is 4.90 Å². The number of methoxy groups -OCH3 is 2. The number of anilines is 1. The van der Waals surface area contributed by atoms with E-state index in [9.17, 15) is 14.7 Å². The molecule has 3 aromatic carbocycles. The van der Waals surface area contributed by atoms with Gasteiger partial charge in [-0.2, -0.15) is 0 Å². The van der Waals surface area contributed by atoms with Crippen molar-refractivity contribution < 1.29 is 38.4 Å². The van der Waals surface area contributed by atoms with Crippen molar-refractivity contribution in [2.24, 2.45) is 5.92 Å². The SMILES string of the molecule is COc1cc2c(cc1OC)CN(C[C@@H]1O[C@H](c3ccc(NC(=O)[C@H](C)OC(C)=O)cc3)O[C@H](c3ccc(CO)cc3)[C@@H]1C)CC2. The maximum Gasteiger partial charge on any atom is 0.303 e. The Morgan fingerprint density at radius 2 is 1.62 bits per heavy atom. The van der Waals surface area contributed by atoms with Gasteiger partial charge >= 0.3 is 5.97 Å². The molecule has 5 rings (SSSR count). The van der Waals surface area contributed by atoms with Crippen LogP contribution in [0.1, 0.15) is 61.0 Å². The van der Waals surface area contributed by atoms with Crippen molar-refractivity contribution in [1.29, 1.82) is 0 Å². The Bertz CT molecular complexity index is 1480. The van der Waals surface area contributed by atoms with Crippen LogP contribution in [0, 0.1) is 5.92 Å². The van der Waals surface area contributed by atoms with Crippen LogP contribution in [0.25, 0.3) is 0 Å². The molecule has 1 fully saturated rings. The molecule has 10 heteroatoms. The topological polar surface area (TPSA) is 116 Å². The molecular formula is C35H42N2O8. The van der Waals surface area contributed by atoms with Crippen LogP contribution < -0.4 is 14.8 Å². The van der Waals surface area contributed by atoms with E-state index in [-0.39, 0.29) is 24.7 Å². The molecule has 0 saturated carbocycles. The van der Waals surface area contributed by atoms with Gasteiger partial charge in [-0.3, -0.25) is 14.5 Å². The van der Waals surface area contributed by atoms with E-state index < -0.39 is 24.3 Å². The van der Waals surface area contributed by atoms with Crippen LogP contribution in [-0.4, -0.2) is 61.4 Å². The zero-order valence-corrected chi connectivity index (χ0v) is 26.4. The molecule has 45 heavy (non-hydrogen) atoms. The van der Waals surface area contributed by atoms with Crippen LogP contribution >= 0.6 is 0 Å². The first-order chi connectivity index (χ1) is 21.7. The highest BCUT2D eigenvalue weighted by Gasteiger charge is 2.39. The Morgan fingerprint density at radius 1 is 0.978 bits per heavy atom. The lowest BCUT2D eigenvalue weighted by Crippen LogP contribution is -2.45. The van der Waals surface area contributed by atoms with Gasteiger partial charge in [-0.05, 0) is 59.9 Å². The van der Waals surface area contributed by atoms with Gasteiger partial charge in [0.1, 0.15) is 0 Å². The number of nitrogens with zero attached hydrogens (tertiary/aromatic N) is 1. The molecule has 10 nitrogen and oxygen atoms in total. The molecule has 2 aliphatic rings. The molecular weight excluding hydrogens is 576 g/mol. The Labute approximate surface area is 264 Å². The fraction of sp³-hybridized carbons (Fsp3) is 0.429. The lowest BCUT2D eigenvalue weighted by molar-refractivity contribution is -0.276. The molecule has 0 aliphatic carbocycles. The van der Waals surface area contributed by atoms with Gasteiger partial charge in [0.2, 0.25) is 0 Å². The van der Waals surface area contributed by atoms with Crippen molar-refractivity contribution in [3.05, 3.63) is 88.5 Å². The first kappa shape index (κ1) is 32.4. The molecule has 1 saturated heterocycles. The predicted octanol–water partition coefficient (Wildman–Crippen LogP) is 4.94. The highest BCUT2D eigenvalue weighted by Crippen LogP contribution is 2.42. The summed E-state index contributed by atoms with van der Waals surface area (Å²) in [7, 11) is 3.31. The zero-order chi connectivity index (χ0) is 32.1. The third kappa shape index (κ3) is 7.65. The van der Waals surface area contributed by atoms with Gasteiger partial charge in [0.05, 0.1) is 33.0 Å². The summed E-state index contributed by atoms with van der Waals surface area (Å²) in [5.41, 5.74) is 5.72. The minimum atomic E-state index is -0.905. The van der Waals surface area contributed by atoms with Crippen molar-refractivity contribution in [3.63, 3.8) is 0 Å². The van der Waals surface area contributed by atoms with E-state index in [0.29, 0.717) is 12.2 Å². The smallest absolute Gasteiger partial charge is 0.303 e. The average molecular weight is 619 g/mol. The van der Waals surface area contributed by atoms with Gasteiger partial charge < -0.3 is 34.1 Å². The van der Waals surface area contributed by atoms with E-state index >= 15 is 0 Å². The van der Waals surface area contributed by atoms with Gasteiger partial charge in [-0.15, -0.1) is 0 Å². The summed E-state index contributed by atoms with van der Waals surface area (Å²) >= 11 is 0. The number of carbonyl (C=O) groups excluding carboxylic acids is 2. The van der Waals surface area contributed by atoms with E-state index in [0.717, 1.165) is 47.7 Å². The number of nitrogens with one attached hydrogen (secondary N) is 1. The molecule has 5 atom stereocenters. The van der Waals surface area contributed by atoms with Crippen LogP contribution in [-0.2, 0) is 43.4 Å². The minimum absolute atomic E-state index is 0.0225. The molecule has 2 N–H and O–H groups in total. The number of aliphatic hydroxyl groups excluding tert-OH is 1. The first-order valence-electron chi connectivity index (χ1n) is 15.2. The summed E-state index contributed by atoms with van der Waals surface area (Å²) in [5, 5.41) is 12.3. The van der Waals surface area contributed by atoms with Crippen LogP contribution in [0.3, 0.4) is 0 Å². The second-order valence-corrected chi connectivity index (χ2v) is 11.6. The number of benzene rings is 3. The number of aliphatic hydroxyl groups is 1. The number of hydrogen-bond acceptors (Lipinski definition) is 9. The number of hydrogen-bond donors (Lipinski definition) is 2. The van der Waals surface area contributed by atoms with Gasteiger partial charge in [0.25, 0.3) is 5.91 Å². The average Bonchev–Trinajstić information content (AvgIpc) is 3.05. The summed E-state index contributed by atoms with van der Waals surface area (Å²) in [4.78, 5) is 26.0. The maximum absolute atomic E-state index is 12.4. The summed E-state index contributed by atoms with van der Waals surface area (Å²) < 4.78 is 29.3. The van der Waals surface area contributed by atoms with Gasteiger partial charge in [0, 0.05) is 43.7 Å². The van der Waals surface area contributed by atoms with E-state index in [1.54, 1.807) is 26.4 Å². The Morgan fingerprint density at radius 3 is 2.24 bits per heavy atom. The number of rotatable bonds is 10. The standard InChI is InChI=1S/C35H42N2O8/c1-21-32(19-37-15-14-27-16-30(41-4)31(42-5)17-28(27)18-37)44-35(45-33(21)25-8-6-24(20-38)7-9-25)26-10-12-29(13-11-26)36-34(40)22(2)43-23(3)39/h6-13,16-17,21-22,32-33,35,38H,14-15,18-20H2,1-5H3,(H,36,40)/t21-,22+,32+,33+,35+/m1/s1. The lowest BCUT2D eigenvalue weighted by atomic mass is 9.89. The molecule has 0 unspecified atom stereocenters. The Balaban J connectivity index is 1.35. The van der Waals surface area contributed by atoms with Crippen LogP contribution in [0.4, 0.5) is 5.69 Å². The van der Waals surface area contributed by atoms with Crippen LogP contribution in [0.5, 0.6) is 11.5 Å². The molecule has 1 amide bonds. The molecule has 0 spiro atoms. The van der Waals surface area contributed by atoms with Gasteiger partial charge in [-0.1, -0.05) is 43.3 Å². The molecule has 3 aromatic rings. The quantitative estimate of drug-likeness (QED) is 0.305. The largest absolute Gasteiger partial charge is 0.493 e. The molecule has 2 aliphatic heterocycles. The molecule has 0 bridgehead atoms. The fourth-order valence-electron chi connectivity index (χ4n) is 5.95. The van der Waals surface area contributed by atoms with E-state index in [2.05, 4.69) is 29.3 Å². The molecule has 0 aromatic heterocycles. The Kier molecular flexibility index (Phi) is 10.4. The van der Waals surface area contributed by atoms with Gasteiger partial charge in [-0.25, -0.2) is 0 Å². The number of esters is 1. The van der Waals surface area contributed by atoms with Crippen molar-refractivity contribution in [2.75, 3.05) is 32.6 Å². The highest BCUT2D eigenvalue weighted by atomic mass is 16.7.